The Morgan fingerprint density at radius 1 is 0.926 bits per heavy atom. The van der Waals surface area contributed by atoms with Crippen molar-refractivity contribution in [2.45, 2.75) is 6.61 Å². The van der Waals surface area contributed by atoms with Crippen molar-refractivity contribution < 1.29 is 19.0 Å². The summed E-state index contributed by atoms with van der Waals surface area (Å²) in [6.07, 6.45) is 1.72. The van der Waals surface area contributed by atoms with Crippen LogP contribution in [0.2, 0.25) is 0 Å². The van der Waals surface area contributed by atoms with Gasteiger partial charge in [0, 0.05) is 6.07 Å². The quantitative estimate of drug-likeness (QED) is 0.609. The zero-order chi connectivity index (χ0) is 18.6. The van der Waals surface area contributed by atoms with E-state index >= 15 is 0 Å². The van der Waals surface area contributed by atoms with Crippen LogP contribution in [0.3, 0.4) is 0 Å². The molecule has 0 radical (unpaired) electrons. The molecule has 27 heavy (non-hydrogen) atoms. The smallest absolute Gasteiger partial charge is 0.231 e. The van der Waals surface area contributed by atoms with E-state index in [4.69, 9.17) is 14.2 Å². The summed E-state index contributed by atoms with van der Waals surface area (Å²) in [5, 5.41) is 0. The lowest BCUT2D eigenvalue weighted by molar-refractivity contribution is 0.101. The predicted molar refractivity (Wildman–Crippen MR) is 103 cm³/mol. The van der Waals surface area contributed by atoms with Gasteiger partial charge in [-0.25, -0.2) is 0 Å². The SMILES string of the molecule is COc1cccc(C=C2Oc3cc(OCc4ccccc4)ccc3C2=O)c1. The number of allylic oxidation sites excluding steroid dienone is 1. The van der Waals surface area contributed by atoms with E-state index in [1.807, 2.05) is 54.6 Å². The van der Waals surface area contributed by atoms with Crippen LogP contribution in [-0.2, 0) is 6.61 Å². The zero-order valence-corrected chi connectivity index (χ0v) is 14.8. The van der Waals surface area contributed by atoms with Gasteiger partial charge in [-0.2, -0.15) is 0 Å². The number of benzene rings is 3. The molecule has 1 aliphatic heterocycles. The molecule has 0 aromatic heterocycles. The molecule has 0 unspecified atom stereocenters. The Bertz CT molecular complexity index is 1010. The minimum atomic E-state index is -0.137. The van der Waals surface area contributed by atoms with Crippen molar-refractivity contribution in [3.8, 4) is 17.2 Å². The van der Waals surface area contributed by atoms with Gasteiger partial charge in [0.05, 0.1) is 12.7 Å². The molecule has 134 valence electrons. The van der Waals surface area contributed by atoms with Crippen molar-refractivity contribution in [1.82, 2.24) is 0 Å². The molecule has 1 aliphatic rings. The summed E-state index contributed by atoms with van der Waals surface area (Å²) in [7, 11) is 1.61. The van der Waals surface area contributed by atoms with E-state index < -0.39 is 0 Å². The highest BCUT2D eigenvalue weighted by atomic mass is 16.5. The molecule has 0 bridgehead atoms. The van der Waals surface area contributed by atoms with Crippen LogP contribution < -0.4 is 14.2 Å². The first-order valence-corrected chi connectivity index (χ1v) is 8.62. The number of hydrogen-bond acceptors (Lipinski definition) is 4. The van der Waals surface area contributed by atoms with Crippen LogP contribution >= 0.6 is 0 Å². The molecule has 4 heteroatoms. The molecular formula is C23H18O4. The molecule has 4 nitrogen and oxygen atoms in total. The fraction of sp³-hybridized carbons (Fsp3) is 0.0870. The lowest BCUT2D eigenvalue weighted by atomic mass is 10.1. The van der Waals surface area contributed by atoms with E-state index in [1.54, 1.807) is 31.4 Å². The second-order valence-corrected chi connectivity index (χ2v) is 6.15. The molecule has 0 aliphatic carbocycles. The van der Waals surface area contributed by atoms with Crippen LogP contribution in [-0.4, -0.2) is 12.9 Å². The Morgan fingerprint density at radius 3 is 2.59 bits per heavy atom. The largest absolute Gasteiger partial charge is 0.497 e. The van der Waals surface area contributed by atoms with E-state index in [1.165, 1.54) is 0 Å². The minimum Gasteiger partial charge on any atom is -0.497 e. The molecule has 0 fully saturated rings. The van der Waals surface area contributed by atoms with Crippen molar-refractivity contribution in [2.75, 3.05) is 7.11 Å². The summed E-state index contributed by atoms with van der Waals surface area (Å²) in [5.74, 6) is 2.05. The third-order valence-electron chi connectivity index (χ3n) is 4.28. The fourth-order valence-electron chi connectivity index (χ4n) is 2.88. The van der Waals surface area contributed by atoms with Gasteiger partial charge in [-0.1, -0.05) is 42.5 Å². The second-order valence-electron chi connectivity index (χ2n) is 6.15. The second kappa shape index (κ2) is 7.38. The molecular weight excluding hydrogens is 340 g/mol. The molecule has 0 saturated carbocycles. The average molecular weight is 358 g/mol. The summed E-state index contributed by atoms with van der Waals surface area (Å²) in [5.41, 5.74) is 2.45. The topological polar surface area (TPSA) is 44.8 Å². The Morgan fingerprint density at radius 2 is 1.78 bits per heavy atom. The number of ketones is 1. The van der Waals surface area contributed by atoms with Crippen LogP contribution in [0.4, 0.5) is 0 Å². The van der Waals surface area contributed by atoms with E-state index in [2.05, 4.69) is 0 Å². The first kappa shape index (κ1) is 16.9. The monoisotopic (exact) mass is 358 g/mol. The number of methoxy groups -OCH3 is 1. The lowest BCUT2D eigenvalue weighted by Crippen LogP contribution is -1.98. The van der Waals surface area contributed by atoms with Gasteiger partial charge in [0.15, 0.2) is 5.76 Å². The molecule has 0 amide bonds. The highest BCUT2D eigenvalue weighted by Gasteiger charge is 2.27. The summed E-state index contributed by atoms with van der Waals surface area (Å²) < 4.78 is 16.8. The molecule has 0 spiro atoms. The van der Waals surface area contributed by atoms with E-state index in [0.29, 0.717) is 29.4 Å². The lowest BCUT2D eigenvalue weighted by Gasteiger charge is -2.07. The van der Waals surface area contributed by atoms with Gasteiger partial charge in [-0.05, 0) is 41.5 Å². The maximum atomic E-state index is 12.6. The Labute approximate surface area is 157 Å². The van der Waals surface area contributed by atoms with Gasteiger partial charge in [0.1, 0.15) is 23.9 Å². The number of Topliss-reactive ketones (excluding diaryl/α,β-unsaturated/α-hetero) is 1. The van der Waals surface area contributed by atoms with E-state index in [9.17, 15) is 4.79 Å². The summed E-state index contributed by atoms with van der Waals surface area (Å²) in [6.45, 7) is 0.458. The summed E-state index contributed by atoms with van der Waals surface area (Å²) in [6, 6.07) is 22.7. The summed E-state index contributed by atoms with van der Waals surface area (Å²) >= 11 is 0. The van der Waals surface area contributed by atoms with Gasteiger partial charge >= 0.3 is 0 Å². The van der Waals surface area contributed by atoms with E-state index in [0.717, 1.165) is 16.9 Å². The van der Waals surface area contributed by atoms with Crippen LogP contribution in [0.5, 0.6) is 17.2 Å². The molecule has 0 N–H and O–H groups in total. The number of hydrogen-bond donors (Lipinski definition) is 0. The van der Waals surface area contributed by atoms with Crippen LogP contribution in [0.25, 0.3) is 6.08 Å². The Kier molecular flexibility index (Phi) is 4.62. The summed E-state index contributed by atoms with van der Waals surface area (Å²) in [4.78, 5) is 12.6. The number of rotatable bonds is 5. The van der Waals surface area contributed by atoms with Gasteiger partial charge in [0.25, 0.3) is 0 Å². The van der Waals surface area contributed by atoms with Gasteiger partial charge in [0.2, 0.25) is 5.78 Å². The molecule has 0 atom stereocenters. The highest BCUT2D eigenvalue weighted by molar-refractivity contribution is 6.14. The molecule has 0 saturated heterocycles. The van der Waals surface area contributed by atoms with E-state index in [-0.39, 0.29) is 5.78 Å². The van der Waals surface area contributed by atoms with Crippen LogP contribution in [0, 0.1) is 0 Å². The predicted octanol–water partition coefficient (Wildman–Crippen LogP) is 4.89. The number of carbonyl (C=O) groups is 1. The third kappa shape index (κ3) is 3.70. The van der Waals surface area contributed by atoms with Crippen molar-refractivity contribution in [3.63, 3.8) is 0 Å². The zero-order valence-electron chi connectivity index (χ0n) is 14.8. The number of ether oxygens (including phenoxy) is 3. The highest BCUT2D eigenvalue weighted by Crippen LogP contribution is 2.35. The number of fused-ring (bicyclic) bond motifs is 1. The first-order valence-electron chi connectivity index (χ1n) is 8.62. The van der Waals surface area contributed by atoms with Crippen LogP contribution in [0.15, 0.2) is 78.6 Å². The third-order valence-corrected chi connectivity index (χ3v) is 4.28. The fourth-order valence-corrected chi connectivity index (χ4v) is 2.88. The first-order chi connectivity index (χ1) is 13.2. The van der Waals surface area contributed by atoms with Gasteiger partial charge in [-0.3, -0.25) is 4.79 Å². The van der Waals surface area contributed by atoms with Crippen molar-refractivity contribution in [3.05, 3.63) is 95.2 Å². The maximum absolute atomic E-state index is 12.6. The molecule has 3 aromatic carbocycles. The van der Waals surface area contributed by atoms with Crippen molar-refractivity contribution in [2.24, 2.45) is 0 Å². The average Bonchev–Trinajstić information content (AvgIpc) is 3.02. The maximum Gasteiger partial charge on any atom is 0.231 e. The minimum absolute atomic E-state index is 0.137. The number of carbonyl (C=O) groups excluding carboxylic acids is 1. The van der Waals surface area contributed by atoms with Crippen LogP contribution in [0.1, 0.15) is 21.5 Å². The van der Waals surface area contributed by atoms with Crippen molar-refractivity contribution in [1.29, 1.82) is 0 Å². The molecule has 1 heterocycles. The molecule has 4 rings (SSSR count). The van der Waals surface area contributed by atoms with Gasteiger partial charge < -0.3 is 14.2 Å². The normalized spacial score (nSPS) is 14.0. The standard InChI is InChI=1S/C23H18O4/c1-25-18-9-5-8-17(12-18)13-22-23(24)20-11-10-19(14-21(20)27-22)26-15-16-6-3-2-4-7-16/h2-14H,15H2,1H3. The Balaban J connectivity index is 1.52. The Hall–Kier alpha value is -3.53. The molecule has 3 aromatic rings. The van der Waals surface area contributed by atoms with Gasteiger partial charge in [-0.15, -0.1) is 0 Å². The van der Waals surface area contributed by atoms with Crippen molar-refractivity contribution >= 4 is 11.9 Å².